The number of hydrogen-bond donors (Lipinski definition) is 1. The molecule has 1 N–H and O–H groups in total. The number of hydrogen-bond acceptors (Lipinski definition) is 5. The van der Waals surface area contributed by atoms with E-state index in [1.165, 1.54) is 6.07 Å². The third kappa shape index (κ3) is 3.23. The summed E-state index contributed by atoms with van der Waals surface area (Å²) in [7, 11) is 0. The monoisotopic (exact) mass is 358 g/mol. The van der Waals surface area contributed by atoms with Gasteiger partial charge in [-0.05, 0) is 37.8 Å². The molecule has 1 atom stereocenters. The second kappa shape index (κ2) is 6.59. The summed E-state index contributed by atoms with van der Waals surface area (Å²) in [6.07, 6.45) is 4.43. The molecule has 3 aliphatic rings. The van der Waals surface area contributed by atoms with Gasteiger partial charge >= 0.3 is 0 Å². The highest BCUT2D eigenvalue weighted by molar-refractivity contribution is 5.99. The van der Waals surface area contributed by atoms with E-state index in [-0.39, 0.29) is 29.1 Å². The molecule has 1 saturated carbocycles. The lowest BCUT2D eigenvalue weighted by Gasteiger charge is -2.18. The first kappa shape index (κ1) is 16.8. The van der Waals surface area contributed by atoms with Crippen LogP contribution in [0.2, 0.25) is 0 Å². The zero-order valence-corrected chi connectivity index (χ0v) is 14.5. The zero-order chi connectivity index (χ0) is 18.3. The molecule has 2 aliphatic heterocycles. The molecule has 2 saturated heterocycles. The summed E-state index contributed by atoms with van der Waals surface area (Å²) < 4.78 is 0. The van der Waals surface area contributed by atoms with Crippen molar-refractivity contribution in [1.29, 1.82) is 0 Å². The van der Waals surface area contributed by atoms with Crippen molar-refractivity contribution in [2.75, 3.05) is 25.0 Å². The third-order valence-corrected chi connectivity index (χ3v) is 5.33. The van der Waals surface area contributed by atoms with Gasteiger partial charge in [0.2, 0.25) is 5.91 Å². The van der Waals surface area contributed by atoms with Crippen molar-refractivity contribution in [2.45, 2.75) is 44.2 Å². The number of benzene rings is 1. The number of carbonyl (C=O) groups is 2. The van der Waals surface area contributed by atoms with Gasteiger partial charge in [-0.25, -0.2) is 0 Å². The Labute approximate surface area is 151 Å². The van der Waals surface area contributed by atoms with E-state index in [2.05, 4.69) is 5.32 Å². The van der Waals surface area contributed by atoms with Gasteiger partial charge in [0.15, 0.2) is 0 Å². The summed E-state index contributed by atoms with van der Waals surface area (Å²) in [5.74, 6) is -0.139. The van der Waals surface area contributed by atoms with Gasteiger partial charge < -0.3 is 15.1 Å². The molecule has 0 radical (unpaired) electrons. The molecule has 1 aromatic carbocycles. The molecule has 4 rings (SSSR count). The lowest BCUT2D eigenvalue weighted by molar-refractivity contribution is -0.385. The van der Waals surface area contributed by atoms with E-state index in [1.807, 2.05) is 4.90 Å². The SMILES string of the molecule is O=C(c1cc(NC2CC(=O)N(C3CC3)C2)ccc1[N+](=O)[O-])N1CCCC1. The summed E-state index contributed by atoms with van der Waals surface area (Å²) in [6.45, 7) is 1.93. The quantitative estimate of drug-likeness (QED) is 0.642. The third-order valence-electron chi connectivity index (χ3n) is 5.33. The molecule has 8 nitrogen and oxygen atoms in total. The number of nitrogens with zero attached hydrogens (tertiary/aromatic N) is 3. The number of amides is 2. The minimum Gasteiger partial charge on any atom is -0.380 e. The van der Waals surface area contributed by atoms with Gasteiger partial charge in [-0.3, -0.25) is 19.7 Å². The lowest BCUT2D eigenvalue weighted by atomic mass is 10.1. The van der Waals surface area contributed by atoms with Crippen LogP contribution in [0.25, 0.3) is 0 Å². The van der Waals surface area contributed by atoms with E-state index in [9.17, 15) is 19.7 Å². The minimum absolute atomic E-state index is 0.0284. The average molecular weight is 358 g/mol. The van der Waals surface area contributed by atoms with Gasteiger partial charge in [0.05, 0.1) is 11.0 Å². The summed E-state index contributed by atoms with van der Waals surface area (Å²) >= 11 is 0. The Morgan fingerprint density at radius 3 is 2.62 bits per heavy atom. The number of nitro benzene ring substituents is 1. The van der Waals surface area contributed by atoms with Crippen LogP contribution in [0.4, 0.5) is 11.4 Å². The summed E-state index contributed by atoms with van der Waals surface area (Å²) in [5, 5.41) is 14.6. The standard InChI is InChI=1S/C18H22N4O4/c23-17-10-13(11-21(17)14-4-5-14)19-12-3-6-16(22(25)26)15(9-12)18(24)20-7-1-2-8-20/h3,6,9,13-14,19H,1-2,4-5,7-8,10-11H2. The van der Waals surface area contributed by atoms with Crippen LogP contribution in [0.15, 0.2) is 18.2 Å². The van der Waals surface area contributed by atoms with Crippen LogP contribution in [0.5, 0.6) is 0 Å². The number of carbonyl (C=O) groups excluding carboxylic acids is 2. The van der Waals surface area contributed by atoms with Gasteiger partial charge in [0.25, 0.3) is 11.6 Å². The number of rotatable bonds is 5. The maximum Gasteiger partial charge on any atom is 0.282 e. The van der Waals surface area contributed by atoms with Crippen LogP contribution in [0.1, 0.15) is 42.5 Å². The van der Waals surface area contributed by atoms with Gasteiger partial charge in [0.1, 0.15) is 5.56 Å². The lowest BCUT2D eigenvalue weighted by Crippen LogP contribution is -2.30. The van der Waals surface area contributed by atoms with E-state index in [0.717, 1.165) is 25.7 Å². The first-order valence-electron chi connectivity index (χ1n) is 9.16. The van der Waals surface area contributed by atoms with Crippen molar-refractivity contribution in [3.63, 3.8) is 0 Å². The molecule has 1 aromatic rings. The fourth-order valence-corrected chi connectivity index (χ4v) is 3.85. The van der Waals surface area contributed by atoms with Crippen molar-refractivity contribution in [2.24, 2.45) is 0 Å². The van der Waals surface area contributed by atoms with Crippen molar-refractivity contribution in [3.05, 3.63) is 33.9 Å². The second-order valence-electron chi connectivity index (χ2n) is 7.31. The molecule has 138 valence electrons. The zero-order valence-electron chi connectivity index (χ0n) is 14.5. The van der Waals surface area contributed by atoms with E-state index in [4.69, 9.17) is 0 Å². The van der Waals surface area contributed by atoms with E-state index < -0.39 is 4.92 Å². The van der Waals surface area contributed by atoms with Gasteiger partial charge in [-0.15, -0.1) is 0 Å². The van der Waals surface area contributed by atoms with Crippen LogP contribution in [-0.2, 0) is 4.79 Å². The minimum atomic E-state index is -0.513. The molecule has 1 unspecified atom stereocenters. The van der Waals surface area contributed by atoms with E-state index in [1.54, 1.807) is 17.0 Å². The normalized spacial score (nSPS) is 22.8. The Morgan fingerprint density at radius 2 is 1.96 bits per heavy atom. The Hall–Kier alpha value is -2.64. The molecule has 2 heterocycles. The second-order valence-corrected chi connectivity index (χ2v) is 7.31. The highest BCUT2D eigenvalue weighted by Crippen LogP contribution is 2.32. The molecule has 0 bridgehead atoms. The number of anilines is 1. The summed E-state index contributed by atoms with van der Waals surface area (Å²) in [6, 6.07) is 4.91. The molecular weight excluding hydrogens is 336 g/mol. The van der Waals surface area contributed by atoms with Gasteiger partial charge in [-0.2, -0.15) is 0 Å². The fourth-order valence-electron chi connectivity index (χ4n) is 3.85. The fraction of sp³-hybridized carbons (Fsp3) is 0.556. The molecule has 0 aromatic heterocycles. The van der Waals surface area contributed by atoms with Crippen LogP contribution < -0.4 is 5.32 Å². The van der Waals surface area contributed by atoms with Crippen molar-refractivity contribution in [3.8, 4) is 0 Å². The predicted octanol–water partition coefficient (Wildman–Crippen LogP) is 2.01. The van der Waals surface area contributed by atoms with Gasteiger partial charge in [0, 0.05) is 43.9 Å². The number of nitrogens with one attached hydrogen (secondary N) is 1. The Kier molecular flexibility index (Phi) is 4.26. The smallest absolute Gasteiger partial charge is 0.282 e. The number of likely N-dealkylation sites (tertiary alicyclic amines) is 2. The largest absolute Gasteiger partial charge is 0.380 e. The van der Waals surface area contributed by atoms with Crippen LogP contribution in [-0.4, -0.2) is 58.3 Å². The van der Waals surface area contributed by atoms with Gasteiger partial charge in [-0.1, -0.05) is 0 Å². The maximum atomic E-state index is 12.7. The molecule has 0 spiro atoms. The van der Waals surface area contributed by atoms with Crippen molar-refractivity contribution in [1.82, 2.24) is 9.80 Å². The van der Waals surface area contributed by atoms with Crippen LogP contribution in [0.3, 0.4) is 0 Å². The average Bonchev–Trinajstić information content (AvgIpc) is 3.17. The molecule has 8 heteroatoms. The highest BCUT2D eigenvalue weighted by atomic mass is 16.6. The van der Waals surface area contributed by atoms with Crippen molar-refractivity contribution >= 4 is 23.2 Å². The molecule has 26 heavy (non-hydrogen) atoms. The van der Waals surface area contributed by atoms with Crippen LogP contribution >= 0.6 is 0 Å². The molecule has 1 aliphatic carbocycles. The topological polar surface area (TPSA) is 95.8 Å². The first-order chi connectivity index (χ1) is 12.5. The van der Waals surface area contributed by atoms with E-state index in [0.29, 0.717) is 37.8 Å². The first-order valence-corrected chi connectivity index (χ1v) is 9.16. The van der Waals surface area contributed by atoms with Crippen LogP contribution in [0, 0.1) is 10.1 Å². The maximum absolute atomic E-state index is 12.7. The summed E-state index contributed by atoms with van der Waals surface area (Å²) in [5.41, 5.74) is 0.591. The molecule has 2 amide bonds. The highest BCUT2D eigenvalue weighted by Gasteiger charge is 2.39. The van der Waals surface area contributed by atoms with Crippen molar-refractivity contribution < 1.29 is 14.5 Å². The Balaban J connectivity index is 1.53. The molecular formula is C18H22N4O4. The molecule has 3 fully saturated rings. The Bertz CT molecular complexity index is 756. The predicted molar refractivity (Wildman–Crippen MR) is 95.0 cm³/mol. The summed E-state index contributed by atoms with van der Waals surface area (Å²) in [4.78, 5) is 39.2. The van der Waals surface area contributed by atoms with E-state index >= 15 is 0 Å². The Morgan fingerprint density at radius 1 is 1.23 bits per heavy atom. The number of nitro groups is 1.